The number of carbonyl (C=O) groups excluding carboxylic acids is 1. The van der Waals surface area contributed by atoms with Gasteiger partial charge in [-0.1, -0.05) is 43.2 Å². The molecule has 1 N–H and O–H groups in total. The van der Waals surface area contributed by atoms with Crippen LogP contribution < -0.4 is 5.32 Å². The van der Waals surface area contributed by atoms with Gasteiger partial charge in [-0.05, 0) is 25.0 Å². The molecule has 3 rings (SSSR count). The summed E-state index contributed by atoms with van der Waals surface area (Å²) in [6.45, 7) is 0. The molecule has 1 saturated carbocycles. The number of hydrogen-bond acceptors (Lipinski definition) is 5. The van der Waals surface area contributed by atoms with Gasteiger partial charge >= 0.3 is 0 Å². The summed E-state index contributed by atoms with van der Waals surface area (Å²) in [7, 11) is 1.97. The van der Waals surface area contributed by atoms with Gasteiger partial charge in [0, 0.05) is 13.0 Å². The fourth-order valence-electron chi connectivity index (χ4n) is 3.17. The second kappa shape index (κ2) is 8.17. The van der Waals surface area contributed by atoms with Crippen LogP contribution in [0.3, 0.4) is 0 Å². The molecule has 0 unspecified atom stereocenters. The van der Waals surface area contributed by atoms with Crippen molar-refractivity contribution in [1.82, 2.24) is 14.8 Å². The maximum Gasteiger partial charge on any atom is 0.234 e. The number of hydrogen-bond donors (Lipinski definition) is 1. The van der Waals surface area contributed by atoms with Gasteiger partial charge in [-0.25, -0.2) is 0 Å². The van der Waals surface area contributed by atoms with Crippen molar-refractivity contribution in [2.75, 3.05) is 11.1 Å². The molecule has 1 heterocycles. The van der Waals surface area contributed by atoms with Crippen LogP contribution >= 0.6 is 11.8 Å². The second-order valence-corrected chi connectivity index (χ2v) is 7.17. The quantitative estimate of drug-likeness (QED) is 0.830. The number of anilines is 1. The summed E-state index contributed by atoms with van der Waals surface area (Å²) in [5.41, 5.74) is 0.996. The van der Waals surface area contributed by atoms with Gasteiger partial charge < -0.3 is 9.88 Å². The lowest BCUT2D eigenvalue weighted by atomic mass is 9.89. The van der Waals surface area contributed by atoms with E-state index in [2.05, 4.69) is 21.6 Å². The largest absolute Gasteiger partial charge is 0.324 e. The summed E-state index contributed by atoms with van der Waals surface area (Å²) in [6.07, 6.45) is 6.14. The molecule has 1 fully saturated rings. The van der Waals surface area contributed by atoms with Gasteiger partial charge in [-0.15, -0.1) is 10.2 Å². The molecule has 7 heteroatoms. The van der Waals surface area contributed by atoms with Crippen LogP contribution in [-0.2, 0) is 11.8 Å². The zero-order chi connectivity index (χ0) is 17.6. The summed E-state index contributed by atoms with van der Waals surface area (Å²) in [4.78, 5) is 12.2. The number of aromatic nitrogens is 3. The molecule has 130 valence electrons. The summed E-state index contributed by atoms with van der Waals surface area (Å²) in [5.74, 6) is 1.58. The van der Waals surface area contributed by atoms with E-state index in [1.54, 1.807) is 24.3 Å². The van der Waals surface area contributed by atoms with Crippen molar-refractivity contribution in [2.45, 2.75) is 43.2 Å². The zero-order valence-corrected chi connectivity index (χ0v) is 15.1. The number of carbonyl (C=O) groups is 1. The molecule has 1 aliphatic carbocycles. The highest BCUT2D eigenvalue weighted by molar-refractivity contribution is 7.99. The van der Waals surface area contributed by atoms with E-state index < -0.39 is 0 Å². The lowest BCUT2D eigenvalue weighted by Crippen LogP contribution is -2.15. The Bertz CT molecular complexity index is 789. The van der Waals surface area contributed by atoms with Gasteiger partial charge in [0.05, 0.1) is 17.0 Å². The van der Waals surface area contributed by atoms with Crippen LogP contribution in [0, 0.1) is 11.3 Å². The van der Waals surface area contributed by atoms with Crippen molar-refractivity contribution in [3.8, 4) is 6.07 Å². The molecule has 6 nitrogen and oxygen atoms in total. The number of benzene rings is 1. The van der Waals surface area contributed by atoms with Crippen molar-refractivity contribution in [3.05, 3.63) is 35.7 Å². The summed E-state index contributed by atoms with van der Waals surface area (Å²) in [5, 5.41) is 21.2. The summed E-state index contributed by atoms with van der Waals surface area (Å²) < 4.78 is 2.01. The van der Waals surface area contributed by atoms with Crippen molar-refractivity contribution in [1.29, 1.82) is 5.26 Å². The first-order valence-corrected chi connectivity index (χ1v) is 9.48. The van der Waals surface area contributed by atoms with Crippen molar-refractivity contribution in [3.63, 3.8) is 0 Å². The van der Waals surface area contributed by atoms with Crippen LogP contribution in [0.25, 0.3) is 0 Å². The minimum atomic E-state index is -0.157. The molecule has 1 aromatic carbocycles. The average molecular weight is 355 g/mol. The maximum atomic E-state index is 12.2. The Hall–Kier alpha value is -2.33. The lowest BCUT2D eigenvalue weighted by molar-refractivity contribution is -0.113. The molecule has 0 atom stereocenters. The Kier molecular flexibility index (Phi) is 5.71. The molecule has 1 aliphatic rings. The first kappa shape index (κ1) is 17.5. The third kappa shape index (κ3) is 4.20. The molecule has 1 aromatic heterocycles. The number of para-hydroxylation sites is 1. The van der Waals surface area contributed by atoms with Crippen molar-refractivity contribution >= 4 is 23.4 Å². The molecule has 25 heavy (non-hydrogen) atoms. The number of nitrogens with one attached hydrogen (secondary N) is 1. The molecule has 0 spiro atoms. The van der Waals surface area contributed by atoms with Crippen LogP contribution in [0.15, 0.2) is 29.4 Å². The van der Waals surface area contributed by atoms with Gasteiger partial charge in [0.15, 0.2) is 5.16 Å². The van der Waals surface area contributed by atoms with E-state index in [-0.39, 0.29) is 11.7 Å². The molecule has 0 aliphatic heterocycles. The van der Waals surface area contributed by atoms with Crippen LogP contribution in [0.2, 0.25) is 0 Å². The SMILES string of the molecule is Cn1c(SCC(=O)Nc2ccccc2C#N)nnc1C1CCCCC1. The monoisotopic (exact) mass is 355 g/mol. The van der Waals surface area contributed by atoms with Gasteiger partial charge in [0.1, 0.15) is 11.9 Å². The fraction of sp³-hybridized carbons (Fsp3) is 0.444. The minimum absolute atomic E-state index is 0.157. The highest BCUT2D eigenvalue weighted by Crippen LogP contribution is 2.32. The van der Waals surface area contributed by atoms with Crippen LogP contribution in [-0.4, -0.2) is 26.4 Å². The highest BCUT2D eigenvalue weighted by Gasteiger charge is 2.22. The van der Waals surface area contributed by atoms with E-state index >= 15 is 0 Å². The van der Waals surface area contributed by atoms with Gasteiger partial charge in [0.2, 0.25) is 5.91 Å². The van der Waals surface area contributed by atoms with Gasteiger partial charge in [0.25, 0.3) is 0 Å². The normalized spacial score (nSPS) is 14.9. The molecule has 1 amide bonds. The second-order valence-electron chi connectivity index (χ2n) is 6.23. The van der Waals surface area contributed by atoms with Crippen LogP contribution in [0.5, 0.6) is 0 Å². The highest BCUT2D eigenvalue weighted by atomic mass is 32.2. The van der Waals surface area contributed by atoms with E-state index in [0.717, 1.165) is 11.0 Å². The number of thioether (sulfide) groups is 1. The molecule has 0 radical (unpaired) electrons. The number of nitriles is 1. The smallest absolute Gasteiger partial charge is 0.234 e. The molecular weight excluding hydrogens is 334 g/mol. The number of amides is 1. The Morgan fingerprint density at radius 1 is 1.32 bits per heavy atom. The Labute approximate surface area is 151 Å². The maximum absolute atomic E-state index is 12.2. The predicted molar refractivity (Wildman–Crippen MR) is 97.3 cm³/mol. The Morgan fingerprint density at radius 3 is 2.84 bits per heavy atom. The van der Waals surface area contributed by atoms with Gasteiger partial charge in [-0.3, -0.25) is 4.79 Å². The first-order chi connectivity index (χ1) is 12.2. The Morgan fingerprint density at radius 2 is 2.08 bits per heavy atom. The average Bonchev–Trinajstić information content (AvgIpc) is 3.02. The predicted octanol–water partition coefficient (Wildman–Crippen LogP) is 3.47. The standard InChI is InChI=1S/C18H21N5OS/c1-23-17(13-7-3-2-4-8-13)21-22-18(23)25-12-16(24)20-15-10-6-5-9-14(15)11-19/h5-6,9-10,13H,2-4,7-8,12H2,1H3,(H,20,24). The van der Waals surface area contributed by atoms with Crippen LogP contribution in [0.1, 0.15) is 49.4 Å². The van der Waals surface area contributed by atoms with Crippen molar-refractivity contribution < 1.29 is 4.79 Å². The third-order valence-electron chi connectivity index (χ3n) is 4.49. The zero-order valence-electron chi connectivity index (χ0n) is 14.2. The van der Waals surface area contributed by atoms with Crippen LogP contribution in [0.4, 0.5) is 5.69 Å². The van der Waals surface area contributed by atoms with E-state index in [1.807, 2.05) is 11.6 Å². The lowest BCUT2D eigenvalue weighted by Gasteiger charge is -2.20. The molecule has 2 aromatic rings. The number of nitrogens with zero attached hydrogens (tertiary/aromatic N) is 4. The van der Waals surface area contributed by atoms with Crippen molar-refractivity contribution in [2.24, 2.45) is 7.05 Å². The molecule has 0 bridgehead atoms. The topological polar surface area (TPSA) is 83.6 Å². The minimum Gasteiger partial charge on any atom is -0.324 e. The fourth-order valence-corrected chi connectivity index (χ4v) is 3.89. The Balaban J connectivity index is 1.59. The number of rotatable bonds is 5. The van der Waals surface area contributed by atoms with E-state index in [0.29, 0.717) is 17.2 Å². The summed E-state index contributed by atoms with van der Waals surface area (Å²) in [6, 6.07) is 9.05. The molecular formula is C18H21N5OS. The summed E-state index contributed by atoms with van der Waals surface area (Å²) >= 11 is 1.37. The third-order valence-corrected chi connectivity index (χ3v) is 5.51. The first-order valence-electron chi connectivity index (χ1n) is 8.50. The van der Waals surface area contributed by atoms with E-state index in [4.69, 9.17) is 5.26 Å². The van der Waals surface area contributed by atoms with E-state index in [1.165, 1.54) is 43.9 Å². The molecule has 0 saturated heterocycles. The van der Waals surface area contributed by atoms with E-state index in [9.17, 15) is 4.79 Å². The van der Waals surface area contributed by atoms with Gasteiger partial charge in [-0.2, -0.15) is 5.26 Å².